The third kappa shape index (κ3) is 1.99. The van der Waals surface area contributed by atoms with Crippen LogP contribution in [0.2, 0.25) is 0 Å². The maximum absolute atomic E-state index is 9.71. The van der Waals surface area contributed by atoms with Crippen LogP contribution in [0.3, 0.4) is 0 Å². The molecule has 3 nitrogen and oxygen atoms in total. The highest BCUT2D eigenvalue weighted by molar-refractivity contribution is 5.46. The molecule has 1 unspecified atom stereocenters. The number of hydrogen-bond donors (Lipinski definition) is 2. The van der Waals surface area contributed by atoms with Crippen LogP contribution >= 0.6 is 0 Å². The predicted molar refractivity (Wildman–Crippen MR) is 56.9 cm³/mol. The van der Waals surface area contributed by atoms with Crippen molar-refractivity contribution in [1.29, 1.82) is 0 Å². The van der Waals surface area contributed by atoms with Gasteiger partial charge in [0.25, 0.3) is 0 Å². The molecule has 0 heterocycles. The number of phenolic OH excluding ortho intramolecular Hbond substituents is 1. The van der Waals surface area contributed by atoms with E-state index in [1.165, 1.54) is 0 Å². The number of aromatic hydroxyl groups is 1. The lowest BCUT2D eigenvalue weighted by atomic mass is 9.98. The van der Waals surface area contributed by atoms with Crippen LogP contribution in [0.5, 0.6) is 11.5 Å². The zero-order valence-corrected chi connectivity index (χ0v) is 8.87. The molecule has 0 aliphatic heterocycles. The second-order valence-corrected chi connectivity index (χ2v) is 3.52. The molecule has 3 heteroatoms. The number of aryl methyl sites for hydroxylation is 1. The Kier molecular flexibility index (Phi) is 3.36. The Balaban J connectivity index is 3.14. The van der Waals surface area contributed by atoms with Crippen LogP contribution in [0.25, 0.3) is 0 Å². The van der Waals surface area contributed by atoms with E-state index in [-0.39, 0.29) is 11.7 Å². The zero-order valence-electron chi connectivity index (χ0n) is 8.87. The number of phenols is 1. The first-order valence-corrected chi connectivity index (χ1v) is 4.67. The number of methoxy groups -OCH3 is 1. The minimum absolute atomic E-state index is 0.166. The molecule has 14 heavy (non-hydrogen) atoms. The normalized spacial score (nSPS) is 12.6. The fourth-order valence-corrected chi connectivity index (χ4v) is 1.44. The minimum Gasteiger partial charge on any atom is -0.508 e. The van der Waals surface area contributed by atoms with Gasteiger partial charge < -0.3 is 15.6 Å². The van der Waals surface area contributed by atoms with Crippen LogP contribution in [-0.4, -0.2) is 18.8 Å². The second-order valence-electron chi connectivity index (χ2n) is 3.52. The summed E-state index contributed by atoms with van der Waals surface area (Å²) < 4.78 is 5.10. The van der Waals surface area contributed by atoms with Gasteiger partial charge in [0.2, 0.25) is 0 Å². The highest BCUT2D eigenvalue weighted by Crippen LogP contribution is 2.31. The molecule has 0 spiro atoms. The van der Waals surface area contributed by atoms with Gasteiger partial charge in [-0.2, -0.15) is 0 Å². The average Bonchev–Trinajstić information content (AvgIpc) is 2.19. The largest absolute Gasteiger partial charge is 0.508 e. The van der Waals surface area contributed by atoms with Crippen LogP contribution in [-0.2, 0) is 0 Å². The van der Waals surface area contributed by atoms with Gasteiger partial charge in [0.15, 0.2) is 0 Å². The van der Waals surface area contributed by atoms with Crippen molar-refractivity contribution in [3.8, 4) is 11.5 Å². The summed E-state index contributed by atoms with van der Waals surface area (Å²) in [5, 5.41) is 9.71. The maximum atomic E-state index is 9.71. The topological polar surface area (TPSA) is 55.5 Å². The quantitative estimate of drug-likeness (QED) is 0.772. The van der Waals surface area contributed by atoms with E-state index >= 15 is 0 Å². The number of rotatable bonds is 3. The lowest BCUT2D eigenvalue weighted by molar-refractivity contribution is 0.402. The molecule has 78 valence electrons. The van der Waals surface area contributed by atoms with Crippen molar-refractivity contribution in [3.63, 3.8) is 0 Å². The highest BCUT2D eigenvalue weighted by Gasteiger charge is 2.11. The molecular weight excluding hydrogens is 178 g/mol. The van der Waals surface area contributed by atoms with Crippen LogP contribution in [0.15, 0.2) is 12.1 Å². The van der Waals surface area contributed by atoms with Gasteiger partial charge in [0.1, 0.15) is 11.5 Å². The summed E-state index contributed by atoms with van der Waals surface area (Å²) in [6, 6.07) is 3.56. The molecule has 0 fully saturated rings. The fourth-order valence-electron chi connectivity index (χ4n) is 1.44. The number of nitrogens with two attached hydrogens (primary N) is 1. The summed E-state index contributed by atoms with van der Waals surface area (Å²) in [5.74, 6) is 1.13. The smallest absolute Gasteiger partial charge is 0.125 e. The molecule has 1 atom stereocenters. The Labute approximate surface area is 84.5 Å². The summed E-state index contributed by atoms with van der Waals surface area (Å²) in [6.45, 7) is 4.46. The fraction of sp³-hybridized carbons (Fsp3) is 0.455. The van der Waals surface area contributed by atoms with Crippen LogP contribution < -0.4 is 10.5 Å². The highest BCUT2D eigenvalue weighted by atomic mass is 16.5. The van der Waals surface area contributed by atoms with Crippen LogP contribution in [0.1, 0.15) is 24.0 Å². The third-order valence-electron chi connectivity index (χ3n) is 2.43. The summed E-state index contributed by atoms with van der Waals surface area (Å²) >= 11 is 0. The number of benzene rings is 1. The minimum atomic E-state index is 0.166. The Morgan fingerprint density at radius 3 is 2.64 bits per heavy atom. The standard InChI is InChI=1S/C11H17NO2/c1-7-4-9(8(2)6-12)10(13)5-11(7)14-3/h4-5,8,13H,6,12H2,1-3H3. The van der Waals surface area contributed by atoms with E-state index in [1.807, 2.05) is 19.9 Å². The summed E-state index contributed by atoms with van der Waals surface area (Å²) in [5.41, 5.74) is 7.45. The summed E-state index contributed by atoms with van der Waals surface area (Å²) in [6.07, 6.45) is 0. The predicted octanol–water partition coefficient (Wildman–Crippen LogP) is 1.77. The van der Waals surface area contributed by atoms with E-state index in [0.29, 0.717) is 12.3 Å². The monoisotopic (exact) mass is 195 g/mol. The Hall–Kier alpha value is -1.22. The molecule has 0 bridgehead atoms. The van der Waals surface area contributed by atoms with Gasteiger partial charge in [-0.3, -0.25) is 0 Å². The van der Waals surface area contributed by atoms with E-state index in [1.54, 1.807) is 13.2 Å². The van der Waals surface area contributed by atoms with E-state index < -0.39 is 0 Å². The van der Waals surface area contributed by atoms with Gasteiger partial charge in [-0.1, -0.05) is 6.92 Å². The third-order valence-corrected chi connectivity index (χ3v) is 2.43. The van der Waals surface area contributed by atoms with Crippen LogP contribution in [0.4, 0.5) is 0 Å². The molecule has 1 rings (SSSR count). The van der Waals surface area contributed by atoms with Gasteiger partial charge in [-0.05, 0) is 36.6 Å². The van der Waals surface area contributed by atoms with Gasteiger partial charge in [0.05, 0.1) is 7.11 Å². The Bertz CT molecular complexity index is 323. The first-order chi connectivity index (χ1) is 6.60. The lowest BCUT2D eigenvalue weighted by Gasteiger charge is -2.14. The average molecular weight is 195 g/mol. The molecule has 0 aromatic heterocycles. The molecule has 0 saturated heterocycles. The lowest BCUT2D eigenvalue weighted by Crippen LogP contribution is -2.09. The molecule has 0 aliphatic rings. The first-order valence-electron chi connectivity index (χ1n) is 4.67. The van der Waals surface area contributed by atoms with E-state index in [9.17, 15) is 5.11 Å². The number of hydrogen-bond acceptors (Lipinski definition) is 3. The first kappa shape index (κ1) is 10.9. The SMILES string of the molecule is COc1cc(O)c(C(C)CN)cc1C. The van der Waals surface area contributed by atoms with Gasteiger partial charge in [-0.25, -0.2) is 0 Å². The van der Waals surface area contributed by atoms with E-state index in [4.69, 9.17) is 10.5 Å². The molecule has 0 aliphatic carbocycles. The van der Waals surface area contributed by atoms with Crippen molar-refractivity contribution in [3.05, 3.63) is 23.3 Å². The Morgan fingerprint density at radius 2 is 2.14 bits per heavy atom. The van der Waals surface area contributed by atoms with Crippen molar-refractivity contribution in [2.45, 2.75) is 19.8 Å². The zero-order chi connectivity index (χ0) is 10.7. The molecule has 0 saturated carbocycles. The Morgan fingerprint density at radius 1 is 1.50 bits per heavy atom. The summed E-state index contributed by atoms with van der Waals surface area (Å²) in [4.78, 5) is 0. The van der Waals surface area contributed by atoms with E-state index in [2.05, 4.69) is 0 Å². The van der Waals surface area contributed by atoms with Crippen LogP contribution in [0, 0.1) is 6.92 Å². The molecule has 3 N–H and O–H groups in total. The van der Waals surface area contributed by atoms with Crippen molar-refractivity contribution >= 4 is 0 Å². The van der Waals surface area contributed by atoms with Crippen molar-refractivity contribution in [1.82, 2.24) is 0 Å². The second kappa shape index (κ2) is 4.33. The summed E-state index contributed by atoms with van der Waals surface area (Å²) in [7, 11) is 1.59. The van der Waals surface area contributed by atoms with Crippen molar-refractivity contribution in [2.24, 2.45) is 5.73 Å². The molecule has 1 aromatic carbocycles. The molecule has 0 amide bonds. The van der Waals surface area contributed by atoms with Crippen molar-refractivity contribution in [2.75, 3.05) is 13.7 Å². The van der Waals surface area contributed by atoms with Gasteiger partial charge >= 0.3 is 0 Å². The molecule has 1 aromatic rings. The maximum Gasteiger partial charge on any atom is 0.125 e. The van der Waals surface area contributed by atoms with E-state index in [0.717, 1.165) is 11.1 Å². The van der Waals surface area contributed by atoms with Gasteiger partial charge in [-0.15, -0.1) is 0 Å². The van der Waals surface area contributed by atoms with Crippen molar-refractivity contribution < 1.29 is 9.84 Å². The molecule has 0 radical (unpaired) electrons. The van der Waals surface area contributed by atoms with Gasteiger partial charge in [0, 0.05) is 6.07 Å². The number of ether oxygens (including phenoxy) is 1. The molecular formula is C11H17NO2.